The van der Waals surface area contributed by atoms with E-state index in [1.54, 1.807) is 6.20 Å². The van der Waals surface area contributed by atoms with Gasteiger partial charge in [-0.25, -0.2) is 0 Å². The lowest BCUT2D eigenvalue weighted by Crippen LogP contribution is -1.69. The highest BCUT2D eigenvalue weighted by atomic mass is 35.5. The maximum Gasteiger partial charge on any atom is 0.0654 e. The van der Waals surface area contributed by atoms with Crippen LogP contribution >= 0.6 is 11.6 Å². The van der Waals surface area contributed by atoms with Gasteiger partial charge in [-0.15, -0.1) is 0 Å². The van der Waals surface area contributed by atoms with Gasteiger partial charge in [0.05, 0.1) is 22.3 Å². The largest absolute Gasteiger partial charge is 0.352 e. The molecule has 0 spiro atoms. The van der Waals surface area contributed by atoms with Gasteiger partial charge in [-0.2, -0.15) is 0 Å². The normalized spacial score (nSPS) is 11.2. The molecule has 3 heteroatoms. The molecule has 68 valence electrons. The van der Waals surface area contributed by atoms with E-state index < -0.39 is 0 Å². The van der Waals surface area contributed by atoms with Gasteiger partial charge < -0.3 is 4.98 Å². The standard InChI is InChI=1S/C11H7ClN2/c12-9-3-1-2-8-7-4-5-13-6-10(7)14-11(8)9/h1-6,14H. The minimum absolute atomic E-state index is 0.749. The molecule has 0 amide bonds. The Hall–Kier alpha value is -1.54. The van der Waals surface area contributed by atoms with E-state index in [9.17, 15) is 0 Å². The average Bonchev–Trinajstić information content (AvgIpc) is 2.59. The van der Waals surface area contributed by atoms with E-state index in [4.69, 9.17) is 11.6 Å². The van der Waals surface area contributed by atoms with Crippen LogP contribution in [0.15, 0.2) is 36.7 Å². The van der Waals surface area contributed by atoms with Crippen molar-refractivity contribution in [3.8, 4) is 0 Å². The van der Waals surface area contributed by atoms with Crippen LogP contribution in [0.1, 0.15) is 0 Å². The van der Waals surface area contributed by atoms with Gasteiger partial charge in [0.25, 0.3) is 0 Å². The van der Waals surface area contributed by atoms with Crippen LogP contribution < -0.4 is 0 Å². The third-order valence-corrected chi connectivity index (χ3v) is 2.70. The number of aromatic amines is 1. The quantitative estimate of drug-likeness (QED) is 0.595. The lowest BCUT2D eigenvalue weighted by Gasteiger charge is -1.91. The molecule has 2 aromatic heterocycles. The van der Waals surface area contributed by atoms with Crippen LogP contribution in [0, 0.1) is 0 Å². The Labute approximate surface area is 85.5 Å². The number of pyridine rings is 1. The summed E-state index contributed by atoms with van der Waals surface area (Å²) in [5.41, 5.74) is 2.01. The van der Waals surface area contributed by atoms with Gasteiger partial charge in [0.1, 0.15) is 0 Å². The van der Waals surface area contributed by atoms with Crippen LogP contribution in [-0.4, -0.2) is 9.97 Å². The van der Waals surface area contributed by atoms with Crippen molar-refractivity contribution in [2.45, 2.75) is 0 Å². The number of aromatic nitrogens is 2. The van der Waals surface area contributed by atoms with Crippen LogP contribution in [0.25, 0.3) is 21.8 Å². The Morgan fingerprint density at radius 2 is 2.07 bits per heavy atom. The molecule has 0 atom stereocenters. The third kappa shape index (κ3) is 0.946. The fraction of sp³-hybridized carbons (Fsp3) is 0. The molecule has 0 saturated heterocycles. The maximum atomic E-state index is 6.08. The molecule has 0 saturated carbocycles. The number of H-pyrrole nitrogens is 1. The van der Waals surface area contributed by atoms with E-state index in [0.29, 0.717) is 0 Å². The van der Waals surface area contributed by atoms with Crippen LogP contribution in [0.4, 0.5) is 0 Å². The van der Waals surface area contributed by atoms with Gasteiger partial charge in [-0.1, -0.05) is 23.7 Å². The lowest BCUT2D eigenvalue weighted by molar-refractivity contribution is 1.35. The molecule has 0 radical (unpaired) electrons. The van der Waals surface area contributed by atoms with Crippen molar-refractivity contribution in [1.29, 1.82) is 0 Å². The summed E-state index contributed by atoms with van der Waals surface area (Å²) in [4.78, 5) is 7.32. The van der Waals surface area contributed by atoms with E-state index in [-0.39, 0.29) is 0 Å². The highest BCUT2D eigenvalue weighted by Crippen LogP contribution is 2.28. The minimum Gasteiger partial charge on any atom is -0.352 e. The van der Waals surface area contributed by atoms with Gasteiger partial charge in [0, 0.05) is 17.0 Å². The van der Waals surface area contributed by atoms with Crippen LogP contribution in [0.2, 0.25) is 5.02 Å². The monoisotopic (exact) mass is 202 g/mol. The molecule has 0 fully saturated rings. The highest BCUT2D eigenvalue weighted by molar-refractivity contribution is 6.36. The SMILES string of the molecule is Clc1cccc2c1[nH]c1cnccc12. The lowest BCUT2D eigenvalue weighted by atomic mass is 10.2. The van der Waals surface area contributed by atoms with Crippen LogP contribution in [0.5, 0.6) is 0 Å². The molecule has 0 bridgehead atoms. The highest BCUT2D eigenvalue weighted by Gasteiger charge is 2.05. The number of halogens is 1. The third-order valence-electron chi connectivity index (χ3n) is 2.38. The molecule has 3 aromatic rings. The predicted octanol–water partition coefficient (Wildman–Crippen LogP) is 3.37. The molecule has 2 heterocycles. The van der Waals surface area contributed by atoms with Crippen molar-refractivity contribution < 1.29 is 0 Å². The van der Waals surface area contributed by atoms with Gasteiger partial charge in [0.15, 0.2) is 0 Å². The van der Waals surface area contributed by atoms with Crippen molar-refractivity contribution in [3.63, 3.8) is 0 Å². The maximum absolute atomic E-state index is 6.08. The first kappa shape index (κ1) is 7.83. The topological polar surface area (TPSA) is 28.7 Å². The van der Waals surface area contributed by atoms with Crippen molar-refractivity contribution in [3.05, 3.63) is 41.7 Å². The zero-order valence-electron chi connectivity index (χ0n) is 7.29. The Kier molecular flexibility index (Phi) is 1.52. The summed E-state index contributed by atoms with van der Waals surface area (Å²) >= 11 is 6.08. The second kappa shape index (κ2) is 2.72. The zero-order chi connectivity index (χ0) is 9.54. The number of benzene rings is 1. The van der Waals surface area contributed by atoms with Crippen LogP contribution in [-0.2, 0) is 0 Å². The number of nitrogens with zero attached hydrogens (tertiary/aromatic N) is 1. The van der Waals surface area contributed by atoms with E-state index in [1.807, 2.05) is 24.4 Å². The molecule has 1 N–H and O–H groups in total. The molecule has 2 nitrogen and oxygen atoms in total. The van der Waals surface area contributed by atoms with Gasteiger partial charge >= 0.3 is 0 Å². The molecule has 0 aliphatic rings. The summed E-state index contributed by atoms with van der Waals surface area (Å²) in [7, 11) is 0. The van der Waals surface area contributed by atoms with E-state index in [0.717, 1.165) is 26.8 Å². The number of para-hydroxylation sites is 1. The van der Waals surface area contributed by atoms with Gasteiger partial charge in [-0.3, -0.25) is 4.98 Å². The zero-order valence-corrected chi connectivity index (χ0v) is 8.05. The fourth-order valence-electron chi connectivity index (χ4n) is 1.74. The summed E-state index contributed by atoms with van der Waals surface area (Å²) in [5, 5.41) is 3.06. The second-order valence-corrected chi connectivity index (χ2v) is 3.62. The van der Waals surface area contributed by atoms with E-state index in [1.165, 1.54) is 0 Å². The summed E-state index contributed by atoms with van der Waals surface area (Å²) in [5.74, 6) is 0. The molecular formula is C11H7ClN2. The van der Waals surface area contributed by atoms with Crippen LogP contribution in [0.3, 0.4) is 0 Å². The number of rotatable bonds is 0. The summed E-state index contributed by atoms with van der Waals surface area (Å²) in [6.07, 6.45) is 3.60. The van der Waals surface area contributed by atoms with Gasteiger partial charge in [-0.05, 0) is 12.1 Å². The molecule has 3 rings (SSSR count). The summed E-state index contributed by atoms with van der Waals surface area (Å²) < 4.78 is 0. The Morgan fingerprint density at radius 3 is 3.00 bits per heavy atom. The Morgan fingerprint density at radius 1 is 1.14 bits per heavy atom. The number of hydrogen-bond acceptors (Lipinski definition) is 1. The second-order valence-electron chi connectivity index (χ2n) is 3.21. The van der Waals surface area contributed by atoms with Crippen molar-refractivity contribution >= 4 is 33.4 Å². The van der Waals surface area contributed by atoms with Crippen molar-refractivity contribution in [1.82, 2.24) is 9.97 Å². The Bertz CT molecular complexity index is 613. The van der Waals surface area contributed by atoms with E-state index in [2.05, 4.69) is 16.0 Å². The minimum atomic E-state index is 0.749. The molecule has 0 unspecified atom stereocenters. The number of nitrogens with one attached hydrogen (secondary N) is 1. The first-order valence-corrected chi connectivity index (χ1v) is 4.74. The number of hydrogen-bond donors (Lipinski definition) is 1. The molecule has 0 aliphatic heterocycles. The fourth-order valence-corrected chi connectivity index (χ4v) is 1.96. The van der Waals surface area contributed by atoms with Crippen molar-refractivity contribution in [2.24, 2.45) is 0 Å². The first-order valence-electron chi connectivity index (χ1n) is 4.36. The molecule has 1 aromatic carbocycles. The number of fused-ring (bicyclic) bond motifs is 3. The average molecular weight is 203 g/mol. The van der Waals surface area contributed by atoms with Crippen molar-refractivity contribution in [2.75, 3.05) is 0 Å². The first-order chi connectivity index (χ1) is 6.86. The smallest absolute Gasteiger partial charge is 0.0654 e. The van der Waals surface area contributed by atoms with E-state index >= 15 is 0 Å². The van der Waals surface area contributed by atoms with Gasteiger partial charge in [0.2, 0.25) is 0 Å². The molecular weight excluding hydrogens is 196 g/mol. The molecule has 0 aliphatic carbocycles. The summed E-state index contributed by atoms with van der Waals surface area (Å²) in [6, 6.07) is 7.88. The summed E-state index contributed by atoms with van der Waals surface area (Å²) in [6.45, 7) is 0. The predicted molar refractivity (Wildman–Crippen MR) is 58.6 cm³/mol. The Balaban J connectivity index is 2.63. The molecule has 14 heavy (non-hydrogen) atoms.